The molecule has 1 heterocycles. The number of rotatable bonds is 4. The van der Waals surface area contributed by atoms with Crippen LogP contribution in [0.1, 0.15) is 48.8 Å². The van der Waals surface area contributed by atoms with Crippen LogP contribution in [-0.2, 0) is 18.4 Å². The molecule has 5 rings (SSSR count). The van der Waals surface area contributed by atoms with Gasteiger partial charge in [-0.05, 0) is 67.0 Å². The van der Waals surface area contributed by atoms with E-state index in [1.54, 1.807) is 5.56 Å². The summed E-state index contributed by atoms with van der Waals surface area (Å²) in [6.07, 6.45) is 13.3. The van der Waals surface area contributed by atoms with E-state index in [4.69, 9.17) is 11.2 Å². The first-order chi connectivity index (χ1) is 13.8. The zero-order chi connectivity index (χ0) is 19.0. The Labute approximate surface area is 168 Å². The van der Waals surface area contributed by atoms with Crippen LogP contribution in [0.3, 0.4) is 0 Å². The van der Waals surface area contributed by atoms with Crippen LogP contribution in [0.5, 0.6) is 5.75 Å². The van der Waals surface area contributed by atoms with Gasteiger partial charge in [-0.15, -0.1) is 6.42 Å². The average Bonchev–Trinajstić information content (AvgIpc) is 2.75. The second-order valence-corrected chi connectivity index (χ2v) is 8.80. The van der Waals surface area contributed by atoms with Gasteiger partial charge in [0.05, 0.1) is 0 Å². The van der Waals surface area contributed by atoms with Crippen LogP contribution in [0.25, 0.3) is 0 Å². The van der Waals surface area contributed by atoms with Crippen molar-refractivity contribution in [2.24, 2.45) is 5.92 Å². The lowest BCUT2D eigenvalue weighted by atomic mass is 9.52. The van der Waals surface area contributed by atoms with E-state index in [-0.39, 0.29) is 0 Å². The summed E-state index contributed by atoms with van der Waals surface area (Å²) in [7, 11) is 0. The number of fused-ring (bicyclic) bond motifs is 1. The van der Waals surface area contributed by atoms with Crippen molar-refractivity contribution >= 4 is 0 Å². The van der Waals surface area contributed by atoms with Gasteiger partial charge in [0.15, 0.2) is 0 Å². The zero-order valence-corrected chi connectivity index (χ0v) is 16.6. The molecule has 1 aliphatic heterocycles. The molecule has 2 bridgehead atoms. The summed E-state index contributed by atoms with van der Waals surface area (Å²) in [6, 6.07) is 18.4. The number of likely N-dealkylation sites (tertiary alicyclic amines) is 1. The highest BCUT2D eigenvalue weighted by molar-refractivity contribution is 5.45. The fourth-order valence-corrected chi connectivity index (χ4v) is 6.29. The van der Waals surface area contributed by atoms with Gasteiger partial charge in [-0.1, -0.05) is 55.2 Å². The van der Waals surface area contributed by atoms with Crippen molar-refractivity contribution in [2.75, 3.05) is 13.2 Å². The van der Waals surface area contributed by atoms with E-state index in [0.717, 1.165) is 18.2 Å². The quantitative estimate of drug-likeness (QED) is 0.705. The van der Waals surface area contributed by atoms with Gasteiger partial charge in [0.25, 0.3) is 0 Å². The molecule has 3 unspecified atom stereocenters. The number of hydrogen-bond acceptors (Lipinski definition) is 2. The molecule has 0 N–H and O–H groups in total. The van der Waals surface area contributed by atoms with Crippen molar-refractivity contribution in [3.63, 3.8) is 0 Å². The van der Waals surface area contributed by atoms with Crippen LogP contribution in [0.4, 0.5) is 0 Å². The molecule has 3 aliphatic rings. The molecule has 2 aliphatic carbocycles. The topological polar surface area (TPSA) is 12.5 Å². The second kappa shape index (κ2) is 7.30. The summed E-state index contributed by atoms with van der Waals surface area (Å²) in [5.41, 5.74) is 4.89. The average molecular weight is 372 g/mol. The van der Waals surface area contributed by atoms with Crippen LogP contribution in [0, 0.1) is 18.3 Å². The fraction of sp³-hybridized carbons (Fsp3) is 0.462. The Morgan fingerprint density at radius 2 is 2.00 bits per heavy atom. The Morgan fingerprint density at radius 1 is 1.11 bits per heavy atom. The molecule has 2 aromatic carbocycles. The molecule has 2 heteroatoms. The third-order valence-corrected chi connectivity index (χ3v) is 7.47. The first-order valence-corrected chi connectivity index (χ1v) is 10.8. The van der Waals surface area contributed by atoms with E-state index in [9.17, 15) is 0 Å². The van der Waals surface area contributed by atoms with Crippen LogP contribution < -0.4 is 4.74 Å². The zero-order valence-electron chi connectivity index (χ0n) is 16.6. The predicted molar refractivity (Wildman–Crippen MR) is 113 cm³/mol. The first kappa shape index (κ1) is 17.8. The Bertz CT molecular complexity index is 883. The fourth-order valence-electron chi connectivity index (χ4n) is 6.29. The summed E-state index contributed by atoms with van der Waals surface area (Å²) >= 11 is 0. The monoisotopic (exact) mass is 371 g/mol. The molecular formula is C26H29NO. The molecule has 0 amide bonds. The highest BCUT2D eigenvalue weighted by atomic mass is 16.5. The number of hydrogen-bond donors (Lipinski definition) is 0. The highest BCUT2D eigenvalue weighted by Gasteiger charge is 2.53. The van der Waals surface area contributed by atoms with Crippen molar-refractivity contribution in [1.82, 2.24) is 4.90 Å². The summed E-state index contributed by atoms with van der Waals surface area (Å²) in [5.74, 6) is 4.31. The minimum Gasteiger partial charge on any atom is -0.481 e. The van der Waals surface area contributed by atoms with Crippen LogP contribution in [0.2, 0.25) is 0 Å². The summed E-state index contributed by atoms with van der Waals surface area (Å²) in [5, 5.41) is 0. The number of ether oxygens (including phenoxy) is 1. The van der Waals surface area contributed by atoms with Gasteiger partial charge in [0.2, 0.25) is 0 Å². The maximum absolute atomic E-state index is 5.79. The van der Waals surface area contributed by atoms with Gasteiger partial charge in [-0.2, -0.15) is 0 Å². The SMILES string of the molecule is C#CCOc1ccc2c(c1)C13CCCCC1C(C2)N(Cc1ccccc1)CC3. The van der Waals surface area contributed by atoms with E-state index >= 15 is 0 Å². The van der Waals surface area contributed by atoms with E-state index in [1.165, 1.54) is 56.2 Å². The van der Waals surface area contributed by atoms with Gasteiger partial charge >= 0.3 is 0 Å². The Hall–Kier alpha value is -2.24. The molecule has 28 heavy (non-hydrogen) atoms. The molecular weight excluding hydrogens is 342 g/mol. The molecule has 2 nitrogen and oxygen atoms in total. The van der Waals surface area contributed by atoms with Gasteiger partial charge in [0.1, 0.15) is 12.4 Å². The first-order valence-electron chi connectivity index (χ1n) is 10.8. The summed E-state index contributed by atoms with van der Waals surface area (Å²) < 4.78 is 5.79. The number of benzene rings is 2. The Morgan fingerprint density at radius 3 is 2.86 bits per heavy atom. The second-order valence-electron chi connectivity index (χ2n) is 8.80. The van der Waals surface area contributed by atoms with Crippen molar-refractivity contribution < 1.29 is 4.74 Å². The molecule has 0 spiro atoms. The largest absolute Gasteiger partial charge is 0.481 e. The van der Waals surface area contributed by atoms with Gasteiger partial charge in [-0.25, -0.2) is 0 Å². The van der Waals surface area contributed by atoms with Gasteiger partial charge in [0, 0.05) is 18.0 Å². The van der Waals surface area contributed by atoms with Crippen LogP contribution >= 0.6 is 0 Å². The highest BCUT2D eigenvalue weighted by Crippen LogP contribution is 2.56. The van der Waals surface area contributed by atoms with E-state index in [2.05, 4.69) is 59.4 Å². The smallest absolute Gasteiger partial charge is 0.148 e. The lowest BCUT2D eigenvalue weighted by Crippen LogP contribution is -2.60. The van der Waals surface area contributed by atoms with Crippen molar-refractivity contribution in [3.05, 3.63) is 65.2 Å². The standard InChI is InChI=1S/C26H29NO/c1-2-16-28-22-12-11-21-17-25-23-10-6-7-13-26(23,24(21)18-22)14-15-27(25)19-20-8-4-3-5-9-20/h1,3-5,8-9,11-12,18,23,25H,6-7,10,13-17,19H2. The third-order valence-electron chi connectivity index (χ3n) is 7.47. The molecule has 3 atom stereocenters. The Kier molecular flexibility index (Phi) is 4.65. The van der Waals surface area contributed by atoms with Crippen molar-refractivity contribution in [3.8, 4) is 18.1 Å². The number of piperidine rings is 1. The third kappa shape index (κ3) is 2.93. The number of terminal acetylenes is 1. The summed E-state index contributed by atoms with van der Waals surface area (Å²) in [4.78, 5) is 2.77. The van der Waals surface area contributed by atoms with E-state index < -0.39 is 0 Å². The molecule has 1 saturated heterocycles. The summed E-state index contributed by atoms with van der Waals surface area (Å²) in [6.45, 7) is 2.63. The van der Waals surface area contributed by atoms with Crippen LogP contribution in [0.15, 0.2) is 48.5 Å². The molecule has 2 aromatic rings. The molecule has 1 saturated carbocycles. The lowest BCUT2D eigenvalue weighted by Gasteiger charge is -2.59. The molecule has 0 aromatic heterocycles. The lowest BCUT2D eigenvalue weighted by molar-refractivity contribution is -0.0157. The predicted octanol–water partition coefficient (Wildman–Crippen LogP) is 4.96. The van der Waals surface area contributed by atoms with Gasteiger partial charge < -0.3 is 4.74 Å². The van der Waals surface area contributed by atoms with Crippen molar-refractivity contribution in [2.45, 2.75) is 56.5 Å². The van der Waals surface area contributed by atoms with Crippen LogP contribution in [-0.4, -0.2) is 24.1 Å². The normalized spacial score (nSPS) is 28.7. The molecule has 144 valence electrons. The maximum atomic E-state index is 5.79. The minimum atomic E-state index is 0.346. The minimum absolute atomic E-state index is 0.346. The Balaban J connectivity index is 1.50. The molecule has 2 fully saturated rings. The van der Waals surface area contributed by atoms with Gasteiger partial charge in [-0.3, -0.25) is 4.90 Å². The molecule has 0 radical (unpaired) electrons. The maximum Gasteiger partial charge on any atom is 0.148 e. The van der Waals surface area contributed by atoms with E-state index in [1.807, 2.05) is 0 Å². The van der Waals surface area contributed by atoms with Crippen molar-refractivity contribution in [1.29, 1.82) is 0 Å². The van der Waals surface area contributed by atoms with E-state index in [0.29, 0.717) is 18.1 Å². The number of nitrogens with zero attached hydrogens (tertiary/aromatic N) is 1.